The fourth-order valence-electron chi connectivity index (χ4n) is 2.86. The molecule has 1 aliphatic rings. The van der Waals surface area contributed by atoms with Gasteiger partial charge in [0.05, 0.1) is 12.1 Å². The standard InChI is InChI=1S/C14H24N4O2/c1-10-13(14(19)16-15)7-12(20-10)9-18-6-4-5-11(18)8-17(2)3/h7,11H,4-6,8-9,15H2,1-3H3,(H,16,19). The van der Waals surface area contributed by atoms with Crippen LogP contribution in [0.2, 0.25) is 0 Å². The highest BCUT2D eigenvalue weighted by Gasteiger charge is 2.26. The minimum Gasteiger partial charge on any atom is -0.464 e. The first-order valence-corrected chi connectivity index (χ1v) is 7.00. The maximum Gasteiger partial charge on any atom is 0.268 e. The van der Waals surface area contributed by atoms with Crippen molar-refractivity contribution >= 4 is 5.91 Å². The van der Waals surface area contributed by atoms with Crippen molar-refractivity contribution in [3.8, 4) is 0 Å². The van der Waals surface area contributed by atoms with Gasteiger partial charge in [0.25, 0.3) is 5.91 Å². The predicted molar refractivity (Wildman–Crippen MR) is 77.1 cm³/mol. The lowest BCUT2D eigenvalue weighted by Crippen LogP contribution is -2.37. The second-order valence-corrected chi connectivity index (χ2v) is 5.68. The first kappa shape index (κ1) is 15.0. The van der Waals surface area contributed by atoms with Gasteiger partial charge in [-0.05, 0) is 46.5 Å². The number of hydrogen-bond acceptors (Lipinski definition) is 5. The zero-order chi connectivity index (χ0) is 14.7. The Morgan fingerprint density at radius 1 is 1.60 bits per heavy atom. The second-order valence-electron chi connectivity index (χ2n) is 5.68. The molecular weight excluding hydrogens is 256 g/mol. The third kappa shape index (κ3) is 3.39. The number of amides is 1. The van der Waals surface area contributed by atoms with Gasteiger partial charge in [0, 0.05) is 12.6 Å². The Hall–Kier alpha value is -1.37. The molecule has 2 heterocycles. The van der Waals surface area contributed by atoms with Crippen molar-refractivity contribution in [1.29, 1.82) is 0 Å². The molecule has 1 aliphatic heterocycles. The summed E-state index contributed by atoms with van der Waals surface area (Å²) >= 11 is 0. The van der Waals surface area contributed by atoms with E-state index in [0.717, 1.165) is 25.4 Å². The third-order valence-electron chi connectivity index (χ3n) is 3.78. The molecule has 1 saturated heterocycles. The molecule has 0 aliphatic carbocycles. The minimum atomic E-state index is -0.302. The number of nitrogens with one attached hydrogen (secondary N) is 1. The van der Waals surface area contributed by atoms with Crippen molar-refractivity contribution in [3.63, 3.8) is 0 Å². The number of nitrogen functional groups attached to an aromatic ring is 1. The highest BCUT2D eigenvalue weighted by atomic mass is 16.3. The summed E-state index contributed by atoms with van der Waals surface area (Å²) in [5.41, 5.74) is 2.66. The lowest BCUT2D eigenvalue weighted by atomic mass is 10.2. The van der Waals surface area contributed by atoms with Gasteiger partial charge in [-0.25, -0.2) is 5.84 Å². The fourth-order valence-corrected chi connectivity index (χ4v) is 2.86. The van der Waals surface area contributed by atoms with E-state index in [2.05, 4.69) is 29.3 Å². The number of nitrogens with zero attached hydrogens (tertiary/aromatic N) is 2. The van der Waals surface area contributed by atoms with Gasteiger partial charge in [-0.3, -0.25) is 15.1 Å². The van der Waals surface area contributed by atoms with Crippen molar-refractivity contribution < 1.29 is 9.21 Å². The highest BCUT2D eigenvalue weighted by molar-refractivity contribution is 5.94. The van der Waals surface area contributed by atoms with Crippen LogP contribution in [0.5, 0.6) is 0 Å². The summed E-state index contributed by atoms with van der Waals surface area (Å²) in [6.45, 7) is 4.67. The smallest absolute Gasteiger partial charge is 0.268 e. The number of likely N-dealkylation sites (tertiary alicyclic amines) is 1. The number of rotatable bonds is 5. The molecule has 2 rings (SSSR count). The van der Waals surface area contributed by atoms with E-state index in [1.165, 1.54) is 12.8 Å². The molecule has 0 radical (unpaired) electrons. The summed E-state index contributed by atoms with van der Waals surface area (Å²) in [7, 11) is 4.19. The number of carbonyl (C=O) groups is 1. The molecule has 1 aromatic rings. The van der Waals surface area contributed by atoms with Crippen LogP contribution >= 0.6 is 0 Å². The van der Waals surface area contributed by atoms with Crippen molar-refractivity contribution in [3.05, 3.63) is 23.2 Å². The number of hydrazine groups is 1. The van der Waals surface area contributed by atoms with Crippen molar-refractivity contribution in [2.45, 2.75) is 32.4 Å². The normalized spacial score (nSPS) is 19.8. The van der Waals surface area contributed by atoms with Crippen molar-refractivity contribution in [2.75, 3.05) is 27.2 Å². The van der Waals surface area contributed by atoms with E-state index in [1.54, 1.807) is 13.0 Å². The average molecular weight is 280 g/mol. The molecule has 3 N–H and O–H groups in total. The van der Waals surface area contributed by atoms with Gasteiger partial charge in [0.1, 0.15) is 11.5 Å². The van der Waals surface area contributed by atoms with E-state index in [1.807, 2.05) is 0 Å². The molecule has 20 heavy (non-hydrogen) atoms. The van der Waals surface area contributed by atoms with Gasteiger partial charge >= 0.3 is 0 Å². The first-order chi connectivity index (χ1) is 9.51. The summed E-state index contributed by atoms with van der Waals surface area (Å²) in [5.74, 6) is 6.31. The van der Waals surface area contributed by atoms with Crippen LogP contribution in [-0.2, 0) is 6.54 Å². The monoisotopic (exact) mass is 280 g/mol. The summed E-state index contributed by atoms with van der Waals surface area (Å²) < 4.78 is 5.68. The van der Waals surface area contributed by atoms with Crippen LogP contribution in [0.25, 0.3) is 0 Å². The summed E-state index contributed by atoms with van der Waals surface area (Å²) in [6.07, 6.45) is 2.43. The zero-order valence-corrected chi connectivity index (χ0v) is 12.5. The van der Waals surface area contributed by atoms with E-state index < -0.39 is 0 Å². The van der Waals surface area contributed by atoms with Crippen LogP contribution in [0, 0.1) is 6.92 Å². The molecule has 1 unspecified atom stereocenters. The minimum absolute atomic E-state index is 0.302. The summed E-state index contributed by atoms with van der Waals surface area (Å²) in [5, 5.41) is 0. The lowest BCUT2D eigenvalue weighted by Gasteiger charge is -2.26. The largest absolute Gasteiger partial charge is 0.464 e. The van der Waals surface area contributed by atoms with Gasteiger partial charge in [-0.1, -0.05) is 0 Å². The van der Waals surface area contributed by atoms with E-state index in [-0.39, 0.29) is 5.91 Å². The molecule has 0 bridgehead atoms. The molecular formula is C14H24N4O2. The second kappa shape index (κ2) is 6.39. The molecule has 6 heteroatoms. The number of hydrogen-bond donors (Lipinski definition) is 2. The number of carbonyl (C=O) groups excluding carboxylic acids is 1. The third-order valence-corrected chi connectivity index (χ3v) is 3.78. The molecule has 1 fully saturated rings. The van der Waals surface area contributed by atoms with E-state index in [4.69, 9.17) is 10.3 Å². The Morgan fingerprint density at radius 3 is 3.00 bits per heavy atom. The lowest BCUT2D eigenvalue weighted by molar-refractivity contribution is 0.0952. The predicted octanol–water partition coefficient (Wildman–Crippen LogP) is 0.718. The van der Waals surface area contributed by atoms with Gasteiger partial charge in [0.15, 0.2) is 0 Å². The fraction of sp³-hybridized carbons (Fsp3) is 0.643. The Labute approximate surface area is 119 Å². The molecule has 1 atom stereocenters. The molecule has 6 nitrogen and oxygen atoms in total. The SMILES string of the molecule is Cc1oc(CN2CCCC2CN(C)C)cc1C(=O)NN. The highest BCUT2D eigenvalue weighted by Crippen LogP contribution is 2.23. The molecule has 0 aromatic carbocycles. The van der Waals surface area contributed by atoms with Gasteiger partial charge in [-0.15, -0.1) is 0 Å². The van der Waals surface area contributed by atoms with Crippen LogP contribution in [0.3, 0.4) is 0 Å². The molecule has 0 spiro atoms. The molecule has 0 saturated carbocycles. The first-order valence-electron chi connectivity index (χ1n) is 7.00. The van der Waals surface area contributed by atoms with Crippen LogP contribution in [0.1, 0.15) is 34.7 Å². The maximum absolute atomic E-state index is 11.6. The molecule has 1 aromatic heterocycles. The Kier molecular flexibility index (Phi) is 4.80. The van der Waals surface area contributed by atoms with Gasteiger partial charge in [-0.2, -0.15) is 0 Å². The zero-order valence-electron chi connectivity index (χ0n) is 12.5. The maximum atomic E-state index is 11.6. The average Bonchev–Trinajstić information content (AvgIpc) is 2.96. The Morgan fingerprint density at radius 2 is 2.35 bits per heavy atom. The topological polar surface area (TPSA) is 74.7 Å². The number of likely N-dealkylation sites (N-methyl/N-ethyl adjacent to an activating group) is 1. The molecule has 1 amide bonds. The van der Waals surface area contributed by atoms with Crippen LogP contribution in [-0.4, -0.2) is 48.9 Å². The van der Waals surface area contributed by atoms with Crippen molar-refractivity contribution in [1.82, 2.24) is 15.2 Å². The summed E-state index contributed by atoms with van der Waals surface area (Å²) in [4.78, 5) is 16.2. The Bertz CT molecular complexity index is 470. The Balaban J connectivity index is 2.04. The van der Waals surface area contributed by atoms with Crippen LogP contribution in [0.15, 0.2) is 10.5 Å². The van der Waals surface area contributed by atoms with Crippen molar-refractivity contribution in [2.24, 2.45) is 5.84 Å². The van der Waals surface area contributed by atoms with Gasteiger partial charge < -0.3 is 9.32 Å². The van der Waals surface area contributed by atoms with E-state index >= 15 is 0 Å². The van der Waals surface area contributed by atoms with E-state index in [0.29, 0.717) is 17.4 Å². The number of aryl methyl sites for hydroxylation is 1. The van der Waals surface area contributed by atoms with E-state index in [9.17, 15) is 4.79 Å². The van der Waals surface area contributed by atoms with Crippen LogP contribution in [0.4, 0.5) is 0 Å². The summed E-state index contributed by atoms with van der Waals surface area (Å²) in [6, 6.07) is 2.35. The van der Waals surface area contributed by atoms with Crippen LogP contribution < -0.4 is 11.3 Å². The number of furan rings is 1. The van der Waals surface area contributed by atoms with Gasteiger partial charge in [0.2, 0.25) is 0 Å². The molecule has 112 valence electrons. The quantitative estimate of drug-likeness (QED) is 0.472. The number of nitrogens with two attached hydrogens (primary N) is 1.